The topological polar surface area (TPSA) is 190 Å². The fraction of sp³-hybridized carbons (Fsp3) is 0.480. The molecular formula is C50H62F2N10O6. The van der Waals surface area contributed by atoms with E-state index in [0.29, 0.717) is 62.1 Å². The van der Waals surface area contributed by atoms with E-state index in [1.165, 1.54) is 26.4 Å². The van der Waals surface area contributed by atoms with Crippen LogP contribution in [0.1, 0.15) is 102 Å². The molecule has 0 spiro atoms. The first-order valence-corrected chi connectivity index (χ1v) is 23.7. The van der Waals surface area contributed by atoms with Crippen molar-refractivity contribution in [3.05, 3.63) is 83.6 Å². The van der Waals surface area contributed by atoms with E-state index >= 15 is 8.78 Å². The smallest absolute Gasteiger partial charge is 0.407 e. The number of fused-ring (bicyclic) bond motifs is 1. The Morgan fingerprint density at radius 1 is 0.721 bits per heavy atom. The zero-order valence-corrected chi connectivity index (χ0v) is 39.6. The number of aromatic nitrogens is 4. The van der Waals surface area contributed by atoms with E-state index < -0.39 is 35.9 Å². The molecule has 4 atom stereocenters. The van der Waals surface area contributed by atoms with E-state index in [-0.39, 0.29) is 48.0 Å². The van der Waals surface area contributed by atoms with Crippen molar-refractivity contribution < 1.29 is 37.4 Å². The van der Waals surface area contributed by atoms with Crippen LogP contribution in [-0.4, -0.2) is 106 Å². The number of piperidine rings is 1. The van der Waals surface area contributed by atoms with Crippen molar-refractivity contribution in [1.29, 1.82) is 0 Å². The van der Waals surface area contributed by atoms with Crippen LogP contribution in [0.25, 0.3) is 33.4 Å². The Balaban J connectivity index is 1.10. The average Bonchev–Trinajstić information content (AvgIpc) is 4.18. The Morgan fingerprint density at radius 3 is 1.90 bits per heavy atom. The number of methoxy groups -OCH3 is 2. The predicted molar refractivity (Wildman–Crippen MR) is 255 cm³/mol. The summed E-state index contributed by atoms with van der Waals surface area (Å²) >= 11 is 0. The number of carbonyl (C=O) groups is 4. The lowest BCUT2D eigenvalue weighted by Crippen LogP contribution is -2.51. The molecule has 2 aromatic heterocycles. The third kappa shape index (κ3) is 10.1. The van der Waals surface area contributed by atoms with Crippen LogP contribution in [0, 0.1) is 23.5 Å². The lowest BCUT2D eigenvalue weighted by molar-refractivity contribution is -0.136. The number of rotatable bonds is 14. The number of nitrogens with zero attached hydrogens (tertiary/aromatic N) is 5. The maximum absolute atomic E-state index is 15.7. The fourth-order valence-electron chi connectivity index (χ4n) is 9.87. The highest BCUT2D eigenvalue weighted by Crippen LogP contribution is 2.37. The quantitative estimate of drug-likeness (QED) is 0.0721. The second-order valence-corrected chi connectivity index (χ2v) is 18.7. The minimum atomic E-state index is -0.767. The van der Waals surface area contributed by atoms with Crippen LogP contribution < -0.4 is 20.9 Å². The highest BCUT2D eigenvalue weighted by molar-refractivity contribution is 5.88. The first-order valence-electron chi connectivity index (χ1n) is 23.7. The molecule has 68 heavy (non-hydrogen) atoms. The predicted octanol–water partition coefficient (Wildman–Crippen LogP) is 8.59. The number of hydrogen-bond donors (Lipinski definition) is 5. The van der Waals surface area contributed by atoms with Gasteiger partial charge in [-0.1, -0.05) is 45.9 Å². The molecule has 18 heteroatoms. The van der Waals surface area contributed by atoms with E-state index in [0.717, 1.165) is 65.4 Å². The average molecular weight is 937 g/mol. The number of likely N-dealkylation sites (tertiary alicyclic amines) is 2. The fourth-order valence-corrected chi connectivity index (χ4v) is 9.87. The number of alkyl carbamates (subject to hydrolysis) is 2. The van der Waals surface area contributed by atoms with Crippen molar-refractivity contribution in [3.8, 4) is 22.4 Å². The molecule has 3 saturated heterocycles. The van der Waals surface area contributed by atoms with Crippen molar-refractivity contribution in [2.45, 2.75) is 103 Å². The van der Waals surface area contributed by atoms with Gasteiger partial charge in [0, 0.05) is 38.4 Å². The van der Waals surface area contributed by atoms with Crippen LogP contribution >= 0.6 is 0 Å². The SMILES string of the molecule is COC(=O)N[C@H](C(=O)N1CCC[C@H]1c1ncc(-c2ccc(-c3ccc4nc([C@@H]5CCCN5C(=O)[C@@H](NC(=O)OC)C(C)C)[nH]c4c3)c(CNc3cc(F)c(N4CCCCC4)c(F)c3)c2)[nH]1)C(C)C. The molecule has 0 unspecified atom stereocenters. The number of aromatic amines is 2. The molecule has 5 aromatic rings. The maximum Gasteiger partial charge on any atom is 0.407 e. The molecule has 3 aliphatic rings. The lowest BCUT2D eigenvalue weighted by Gasteiger charge is -2.30. The van der Waals surface area contributed by atoms with Crippen molar-refractivity contribution >= 4 is 46.4 Å². The number of benzene rings is 3. The van der Waals surface area contributed by atoms with Crippen molar-refractivity contribution in [1.82, 2.24) is 40.4 Å². The molecular weight excluding hydrogens is 875 g/mol. The standard InChI is InChI=1S/C50H62F2N10O6/c1-28(2)42(58-49(65)67-5)47(63)61-20-10-12-40(61)45-54-27-39(57-45)31-14-16-34(32(22-31)26-53-33-24-35(51)44(36(52)25-33)60-18-8-7-9-19-60)30-15-17-37-38(23-30)56-46(55-37)41-13-11-21-62(41)48(64)43(29(3)4)59-50(66)68-6/h14-17,22-25,27-29,40-43,53H,7-13,18-21,26H2,1-6H3,(H,54,57)(H,55,56)(H,58,65)(H,59,66)/t40-,41-,42-,43-/m0/s1. The molecule has 4 amide bonds. The van der Waals surface area contributed by atoms with Crippen LogP contribution in [0.15, 0.2) is 54.7 Å². The number of anilines is 2. The van der Waals surface area contributed by atoms with Gasteiger partial charge in [0.25, 0.3) is 0 Å². The molecule has 5 heterocycles. The van der Waals surface area contributed by atoms with Gasteiger partial charge in [-0.15, -0.1) is 0 Å². The number of hydrogen-bond acceptors (Lipinski definition) is 10. The molecule has 0 saturated carbocycles. The molecule has 0 bridgehead atoms. The number of imidazole rings is 2. The summed E-state index contributed by atoms with van der Waals surface area (Å²) < 4.78 is 40.9. The molecule has 3 aromatic carbocycles. The van der Waals surface area contributed by atoms with Crippen LogP contribution in [-0.2, 0) is 25.6 Å². The van der Waals surface area contributed by atoms with Crippen LogP contribution in [0.4, 0.5) is 29.7 Å². The third-order valence-corrected chi connectivity index (χ3v) is 13.5. The van der Waals surface area contributed by atoms with Gasteiger partial charge in [0.1, 0.15) is 29.4 Å². The van der Waals surface area contributed by atoms with Gasteiger partial charge in [-0.3, -0.25) is 9.59 Å². The summed E-state index contributed by atoms with van der Waals surface area (Å²) in [6, 6.07) is 12.4. The minimum Gasteiger partial charge on any atom is -0.453 e. The number of halogens is 2. The largest absolute Gasteiger partial charge is 0.453 e. The number of H-pyrrole nitrogens is 2. The van der Waals surface area contributed by atoms with Gasteiger partial charge < -0.3 is 50.1 Å². The van der Waals surface area contributed by atoms with Gasteiger partial charge in [0.05, 0.1) is 49.2 Å². The van der Waals surface area contributed by atoms with E-state index in [9.17, 15) is 19.2 Å². The second-order valence-electron chi connectivity index (χ2n) is 18.7. The first kappa shape index (κ1) is 47.8. The van der Waals surface area contributed by atoms with Gasteiger partial charge in [0.2, 0.25) is 11.8 Å². The summed E-state index contributed by atoms with van der Waals surface area (Å²) in [6.07, 6.45) is 6.17. The summed E-state index contributed by atoms with van der Waals surface area (Å²) in [5, 5.41) is 8.69. The zero-order chi connectivity index (χ0) is 48.2. The van der Waals surface area contributed by atoms with E-state index in [1.54, 1.807) is 20.9 Å². The number of ether oxygens (including phenoxy) is 2. The molecule has 3 aliphatic heterocycles. The Morgan fingerprint density at radius 2 is 1.31 bits per heavy atom. The van der Waals surface area contributed by atoms with Gasteiger partial charge >= 0.3 is 12.2 Å². The van der Waals surface area contributed by atoms with E-state index in [4.69, 9.17) is 19.4 Å². The summed E-state index contributed by atoms with van der Waals surface area (Å²) in [4.78, 5) is 74.0. The van der Waals surface area contributed by atoms with Crippen molar-refractivity contribution in [2.75, 3.05) is 50.6 Å². The van der Waals surface area contributed by atoms with Crippen LogP contribution in [0.3, 0.4) is 0 Å². The highest BCUT2D eigenvalue weighted by Gasteiger charge is 2.39. The van der Waals surface area contributed by atoms with E-state index in [2.05, 4.69) is 25.9 Å². The Labute approximate surface area is 394 Å². The van der Waals surface area contributed by atoms with Crippen LogP contribution in [0.5, 0.6) is 0 Å². The Bertz CT molecular complexity index is 2620. The van der Waals surface area contributed by atoms with Gasteiger partial charge in [-0.2, -0.15) is 0 Å². The summed E-state index contributed by atoms with van der Waals surface area (Å²) in [7, 11) is 2.54. The number of carbonyl (C=O) groups excluding carboxylic acids is 4. The van der Waals surface area contributed by atoms with Gasteiger partial charge in [-0.05, 0) is 109 Å². The molecule has 0 radical (unpaired) electrons. The molecule has 0 aliphatic carbocycles. The Hall–Kier alpha value is -6.72. The van der Waals surface area contributed by atoms with Gasteiger partial charge in [0.15, 0.2) is 11.6 Å². The summed E-state index contributed by atoms with van der Waals surface area (Å²) in [5.41, 5.74) is 5.87. The number of amides is 4. The first-order chi connectivity index (χ1) is 32.7. The molecule has 16 nitrogen and oxygen atoms in total. The highest BCUT2D eigenvalue weighted by atomic mass is 19.1. The van der Waals surface area contributed by atoms with E-state index in [1.807, 2.05) is 64.1 Å². The normalized spacial score (nSPS) is 18.3. The molecule has 362 valence electrons. The maximum atomic E-state index is 15.7. The summed E-state index contributed by atoms with van der Waals surface area (Å²) in [5.74, 6) is -0.703. The zero-order valence-electron chi connectivity index (χ0n) is 39.6. The van der Waals surface area contributed by atoms with Gasteiger partial charge in [-0.25, -0.2) is 28.3 Å². The van der Waals surface area contributed by atoms with Crippen molar-refractivity contribution in [3.63, 3.8) is 0 Å². The third-order valence-electron chi connectivity index (χ3n) is 13.5. The molecule has 5 N–H and O–H groups in total. The Kier molecular flexibility index (Phi) is 14.5. The molecule has 8 rings (SSSR count). The minimum absolute atomic E-state index is 0.00453. The molecule has 3 fully saturated rings. The van der Waals surface area contributed by atoms with Crippen LogP contribution in [0.2, 0.25) is 0 Å². The second kappa shape index (κ2) is 20.7. The monoisotopic (exact) mass is 936 g/mol. The number of nitrogens with one attached hydrogen (secondary N) is 5. The lowest BCUT2D eigenvalue weighted by atomic mass is 9.96. The summed E-state index contributed by atoms with van der Waals surface area (Å²) in [6.45, 7) is 9.97. The van der Waals surface area contributed by atoms with Crippen molar-refractivity contribution in [2.24, 2.45) is 11.8 Å².